The molecule has 1 unspecified atom stereocenters. The highest BCUT2D eigenvalue weighted by molar-refractivity contribution is 7.97. The Labute approximate surface area is 143 Å². The van der Waals surface area contributed by atoms with Crippen molar-refractivity contribution in [3.05, 3.63) is 29.0 Å². The van der Waals surface area contributed by atoms with Gasteiger partial charge in [-0.15, -0.1) is 12.6 Å². The molecule has 3 rings (SSSR count). The van der Waals surface area contributed by atoms with Crippen LogP contribution in [0.5, 0.6) is 0 Å². The van der Waals surface area contributed by atoms with Crippen LogP contribution in [0.3, 0.4) is 0 Å². The maximum atomic E-state index is 12.8. The average molecular weight is 364 g/mol. The first-order valence-corrected chi connectivity index (χ1v) is 8.25. The fourth-order valence-corrected chi connectivity index (χ4v) is 4.53. The normalized spacial score (nSPS) is 31.3. The van der Waals surface area contributed by atoms with Crippen molar-refractivity contribution in [2.75, 3.05) is 6.54 Å². The van der Waals surface area contributed by atoms with Gasteiger partial charge in [0.1, 0.15) is 0 Å². The predicted molar refractivity (Wildman–Crippen MR) is 86.4 cm³/mol. The lowest BCUT2D eigenvalue weighted by Gasteiger charge is -2.46. The van der Waals surface area contributed by atoms with Gasteiger partial charge in [-0.25, -0.2) is 0 Å². The highest BCUT2D eigenvalue weighted by Gasteiger charge is 2.52. The number of rotatable bonds is 3. The number of nitrogens with zero attached hydrogens (tertiary/aromatic N) is 2. The van der Waals surface area contributed by atoms with Crippen molar-refractivity contribution in [1.82, 2.24) is 9.88 Å². The van der Waals surface area contributed by atoms with Gasteiger partial charge in [-0.2, -0.15) is 13.2 Å². The van der Waals surface area contributed by atoms with E-state index in [1.54, 1.807) is 17.2 Å². The number of halogens is 4. The van der Waals surface area contributed by atoms with Gasteiger partial charge in [-0.3, -0.25) is 15.3 Å². The molecule has 2 aliphatic heterocycles. The summed E-state index contributed by atoms with van der Waals surface area (Å²) in [4.78, 5) is 5.63. The number of pyridine rings is 1. The van der Waals surface area contributed by atoms with Crippen LogP contribution in [0.1, 0.15) is 31.2 Å². The number of thiol groups is 1. The minimum Gasteiger partial charge on any atom is -0.298 e. The molecule has 3 atom stereocenters. The molecule has 0 spiro atoms. The van der Waals surface area contributed by atoms with Crippen molar-refractivity contribution in [2.24, 2.45) is 0 Å². The summed E-state index contributed by atoms with van der Waals surface area (Å²) >= 11 is 10.3. The SMILES string of the molecule is N=C(S)C1(c2cncc(Cl)c2)C[C@H]2CC[C@@H](C1)N2CC(F)(F)F. The van der Waals surface area contributed by atoms with Gasteiger partial charge in [0.05, 0.1) is 16.6 Å². The number of hydrogen-bond donors (Lipinski definition) is 2. The van der Waals surface area contributed by atoms with E-state index in [0.29, 0.717) is 17.9 Å². The summed E-state index contributed by atoms with van der Waals surface area (Å²) in [6.07, 6.45) is 1.29. The third-order valence-electron chi connectivity index (χ3n) is 5.01. The summed E-state index contributed by atoms with van der Waals surface area (Å²) < 4.78 is 38.4. The predicted octanol–water partition coefficient (Wildman–Crippen LogP) is 4.07. The van der Waals surface area contributed by atoms with Crippen LogP contribution >= 0.6 is 24.2 Å². The maximum absolute atomic E-state index is 12.8. The first-order chi connectivity index (χ1) is 10.7. The molecule has 0 saturated carbocycles. The molecule has 23 heavy (non-hydrogen) atoms. The Bertz CT molecular complexity index is 608. The summed E-state index contributed by atoms with van der Waals surface area (Å²) in [5.41, 5.74) is 0.0862. The second kappa shape index (κ2) is 5.93. The lowest BCUT2D eigenvalue weighted by atomic mass is 9.71. The minimum atomic E-state index is -4.20. The number of nitrogens with one attached hydrogen (secondary N) is 1. The molecule has 2 aliphatic rings. The topological polar surface area (TPSA) is 40.0 Å². The van der Waals surface area contributed by atoms with Crippen molar-refractivity contribution in [2.45, 2.75) is 49.4 Å². The summed E-state index contributed by atoms with van der Waals surface area (Å²) in [5.74, 6) is 0. The van der Waals surface area contributed by atoms with Crippen LogP contribution in [0.25, 0.3) is 0 Å². The molecule has 3 nitrogen and oxygen atoms in total. The van der Waals surface area contributed by atoms with Crippen molar-refractivity contribution in [3.8, 4) is 0 Å². The summed E-state index contributed by atoms with van der Waals surface area (Å²) in [6, 6.07) is 1.36. The second-order valence-corrected chi connectivity index (χ2v) is 7.29. The highest BCUT2D eigenvalue weighted by atomic mass is 35.5. The van der Waals surface area contributed by atoms with Crippen LogP contribution < -0.4 is 0 Å². The molecule has 0 aromatic carbocycles. The first-order valence-electron chi connectivity index (χ1n) is 7.43. The van der Waals surface area contributed by atoms with Crippen molar-refractivity contribution >= 4 is 29.3 Å². The van der Waals surface area contributed by atoms with Crippen LogP contribution in [0, 0.1) is 5.41 Å². The molecule has 0 aliphatic carbocycles. The fraction of sp³-hybridized carbons (Fsp3) is 0.600. The zero-order valence-electron chi connectivity index (χ0n) is 12.3. The molecule has 8 heteroatoms. The first kappa shape index (κ1) is 17.0. The van der Waals surface area contributed by atoms with Crippen LogP contribution in [-0.2, 0) is 5.41 Å². The fourth-order valence-electron chi connectivity index (χ4n) is 4.05. The van der Waals surface area contributed by atoms with Gasteiger partial charge in [-0.1, -0.05) is 11.6 Å². The highest BCUT2D eigenvalue weighted by Crippen LogP contribution is 2.49. The Morgan fingerprint density at radius 2 is 1.96 bits per heavy atom. The van der Waals surface area contributed by atoms with E-state index < -0.39 is 18.1 Å². The minimum absolute atomic E-state index is 0.171. The quantitative estimate of drug-likeness (QED) is 0.483. The zero-order chi connectivity index (χ0) is 16.8. The van der Waals surface area contributed by atoms with E-state index in [1.165, 1.54) is 6.20 Å². The summed E-state index contributed by atoms with van der Waals surface area (Å²) in [5, 5.41) is 8.78. The molecule has 1 aromatic heterocycles. The van der Waals surface area contributed by atoms with E-state index in [-0.39, 0.29) is 17.1 Å². The Kier molecular flexibility index (Phi) is 4.40. The molecular formula is C15H17ClF3N3S. The van der Waals surface area contributed by atoms with E-state index in [4.69, 9.17) is 17.0 Å². The third-order valence-corrected chi connectivity index (χ3v) is 5.65. The van der Waals surface area contributed by atoms with Crippen LogP contribution in [0.2, 0.25) is 5.02 Å². The monoisotopic (exact) mass is 363 g/mol. The van der Waals surface area contributed by atoms with Gasteiger partial charge in [0, 0.05) is 29.9 Å². The average Bonchev–Trinajstić information content (AvgIpc) is 2.69. The molecular weight excluding hydrogens is 347 g/mol. The maximum Gasteiger partial charge on any atom is 0.401 e. The molecule has 126 valence electrons. The summed E-state index contributed by atoms with van der Waals surface area (Å²) in [6.45, 7) is -0.883. The van der Waals surface area contributed by atoms with Gasteiger partial charge < -0.3 is 0 Å². The van der Waals surface area contributed by atoms with Gasteiger partial charge in [0.15, 0.2) is 0 Å². The zero-order valence-corrected chi connectivity index (χ0v) is 13.9. The number of piperidine rings is 1. The van der Waals surface area contributed by atoms with E-state index in [0.717, 1.165) is 18.4 Å². The van der Waals surface area contributed by atoms with Crippen LogP contribution in [0.15, 0.2) is 18.5 Å². The Balaban J connectivity index is 1.93. The number of alkyl halides is 3. The standard InChI is InChI=1S/C15H17ClF3N3S/c16-10-3-9(6-21-7-10)14(13(20)23)4-11-1-2-12(5-14)22(11)8-15(17,18)19/h3,6-7,11-12H,1-2,4-5,8H2,(H2,20,23)/t11-,12+,14?. The number of fused-ring (bicyclic) bond motifs is 2. The summed E-state index contributed by atoms with van der Waals surface area (Å²) in [7, 11) is 0. The molecule has 3 heterocycles. The molecule has 0 radical (unpaired) electrons. The lowest BCUT2D eigenvalue weighted by Crippen LogP contribution is -2.54. The Morgan fingerprint density at radius 3 is 2.43 bits per heavy atom. The van der Waals surface area contributed by atoms with Gasteiger partial charge in [0.2, 0.25) is 0 Å². The largest absolute Gasteiger partial charge is 0.401 e. The Hall–Kier alpha value is -0.790. The molecule has 1 aromatic rings. The van der Waals surface area contributed by atoms with E-state index in [1.807, 2.05) is 0 Å². The lowest BCUT2D eigenvalue weighted by molar-refractivity contribution is -0.156. The molecule has 1 N–H and O–H groups in total. The van der Waals surface area contributed by atoms with Crippen molar-refractivity contribution in [1.29, 1.82) is 5.41 Å². The molecule has 2 fully saturated rings. The number of aromatic nitrogens is 1. The number of hydrogen-bond acceptors (Lipinski definition) is 3. The third kappa shape index (κ3) is 3.23. The second-order valence-electron chi connectivity index (χ2n) is 6.40. The van der Waals surface area contributed by atoms with E-state index >= 15 is 0 Å². The molecule has 2 bridgehead atoms. The Morgan fingerprint density at radius 1 is 1.35 bits per heavy atom. The van der Waals surface area contributed by atoms with Crippen LogP contribution in [0.4, 0.5) is 13.2 Å². The van der Waals surface area contributed by atoms with Gasteiger partial charge in [-0.05, 0) is 37.3 Å². The van der Waals surface area contributed by atoms with E-state index in [2.05, 4.69) is 17.6 Å². The van der Waals surface area contributed by atoms with Gasteiger partial charge in [0.25, 0.3) is 0 Å². The van der Waals surface area contributed by atoms with Crippen molar-refractivity contribution < 1.29 is 13.2 Å². The van der Waals surface area contributed by atoms with Crippen molar-refractivity contribution in [3.63, 3.8) is 0 Å². The smallest absolute Gasteiger partial charge is 0.298 e. The molecule has 2 saturated heterocycles. The van der Waals surface area contributed by atoms with E-state index in [9.17, 15) is 13.2 Å². The van der Waals surface area contributed by atoms with Crippen LogP contribution in [-0.4, -0.2) is 39.7 Å². The van der Waals surface area contributed by atoms with Gasteiger partial charge >= 0.3 is 6.18 Å². The molecule has 0 amide bonds.